The number of carbonyl (C=O) groups is 2. The van der Waals surface area contributed by atoms with Crippen LogP contribution in [0.1, 0.15) is 38.1 Å². The Morgan fingerprint density at radius 1 is 1.25 bits per heavy atom. The number of aromatic nitrogens is 1. The zero-order chi connectivity index (χ0) is 20.4. The molecule has 146 valence electrons. The van der Waals surface area contributed by atoms with Gasteiger partial charge in [-0.15, -0.1) is 0 Å². The quantitative estimate of drug-likeness (QED) is 0.691. The van der Waals surface area contributed by atoms with E-state index in [2.05, 4.69) is 4.99 Å². The van der Waals surface area contributed by atoms with E-state index in [9.17, 15) is 9.59 Å². The summed E-state index contributed by atoms with van der Waals surface area (Å²) in [6, 6.07) is 4.06. The molecule has 0 aliphatic carbocycles. The first-order valence-corrected chi connectivity index (χ1v) is 9.50. The fourth-order valence-corrected chi connectivity index (χ4v) is 3.70. The van der Waals surface area contributed by atoms with Crippen LogP contribution in [0.2, 0.25) is 10.0 Å². The van der Waals surface area contributed by atoms with Crippen LogP contribution in [0.25, 0.3) is 0 Å². The summed E-state index contributed by atoms with van der Waals surface area (Å²) in [4.78, 5) is 33.0. The highest BCUT2D eigenvalue weighted by molar-refractivity contribution is 6.35. The molecule has 1 unspecified atom stereocenters. The van der Waals surface area contributed by atoms with Crippen LogP contribution in [0.5, 0.6) is 0 Å². The second-order valence-corrected chi connectivity index (χ2v) is 8.75. The van der Waals surface area contributed by atoms with Crippen molar-refractivity contribution in [1.29, 1.82) is 0 Å². The fraction of sp³-hybridized carbons (Fsp3) is 0.368. The van der Waals surface area contributed by atoms with E-state index in [1.165, 1.54) is 9.80 Å². The van der Waals surface area contributed by atoms with E-state index in [4.69, 9.17) is 27.6 Å². The molecule has 9 heteroatoms. The molecule has 28 heavy (non-hydrogen) atoms. The molecule has 1 atom stereocenters. The van der Waals surface area contributed by atoms with Gasteiger partial charge in [-0.1, -0.05) is 50.0 Å². The molecule has 1 aromatic carbocycles. The Hall–Kier alpha value is -2.38. The molecule has 0 bridgehead atoms. The zero-order valence-corrected chi connectivity index (χ0v) is 17.4. The topological polar surface area (TPSA) is 70.0 Å². The number of halogens is 2. The molecular weight excluding hydrogens is 403 g/mol. The standard InChI is InChI=1S/C19H19Cl2N4O3/c1-19(2,3)13-9-24-14-15(22-17(24)28-13)23(4)18(27)25(16(14)26)8-10-5-6-11(20)7-12(10)21/h5-7,9,14H,8H2,1-4H3/q+1. The van der Waals surface area contributed by atoms with Gasteiger partial charge in [0.25, 0.3) is 17.8 Å². The maximum absolute atomic E-state index is 13.2. The van der Waals surface area contributed by atoms with Crippen LogP contribution in [-0.2, 0) is 16.8 Å². The van der Waals surface area contributed by atoms with Crippen LogP contribution in [0.3, 0.4) is 0 Å². The summed E-state index contributed by atoms with van der Waals surface area (Å²) >= 11 is 12.2. The molecular formula is C19H19Cl2N4O3+. The number of aliphatic imine (C=N–C) groups is 1. The Bertz CT molecular complexity index is 1040. The molecule has 0 radical (unpaired) electrons. The van der Waals surface area contributed by atoms with Gasteiger partial charge in [-0.05, 0) is 17.7 Å². The van der Waals surface area contributed by atoms with Crippen LogP contribution in [0.15, 0.2) is 33.8 Å². The highest BCUT2D eigenvalue weighted by Gasteiger charge is 2.55. The van der Waals surface area contributed by atoms with Crippen molar-refractivity contribution < 1.29 is 18.6 Å². The first-order chi connectivity index (χ1) is 13.1. The number of amidine groups is 1. The lowest BCUT2D eigenvalue weighted by Gasteiger charge is -2.32. The molecule has 1 aromatic heterocycles. The van der Waals surface area contributed by atoms with E-state index < -0.39 is 12.1 Å². The van der Waals surface area contributed by atoms with E-state index in [-0.39, 0.29) is 17.9 Å². The number of carbonyl (C=O) groups excluding carboxylic acids is 2. The van der Waals surface area contributed by atoms with E-state index in [1.807, 2.05) is 20.8 Å². The van der Waals surface area contributed by atoms with Gasteiger partial charge in [0.05, 0.1) is 6.54 Å². The molecule has 0 N–H and O–H groups in total. The maximum Gasteiger partial charge on any atom is 0.506 e. The van der Waals surface area contributed by atoms with Gasteiger partial charge in [0, 0.05) is 27.5 Å². The van der Waals surface area contributed by atoms with Gasteiger partial charge in [0.2, 0.25) is 0 Å². The van der Waals surface area contributed by atoms with Crippen molar-refractivity contribution in [1.82, 2.24) is 9.80 Å². The van der Waals surface area contributed by atoms with E-state index in [0.717, 1.165) is 0 Å². The zero-order valence-electron chi connectivity index (χ0n) is 15.9. The predicted octanol–water partition coefficient (Wildman–Crippen LogP) is 3.85. The Kier molecular flexibility index (Phi) is 4.28. The van der Waals surface area contributed by atoms with Gasteiger partial charge in [-0.2, -0.15) is 4.57 Å². The third-order valence-electron chi connectivity index (χ3n) is 4.86. The fourth-order valence-electron chi connectivity index (χ4n) is 3.23. The molecule has 1 fully saturated rings. The number of likely N-dealkylation sites (N-methyl/N-ethyl adjacent to an activating group) is 1. The number of oxazole rings is 1. The van der Waals surface area contributed by atoms with Crippen molar-refractivity contribution in [2.24, 2.45) is 4.99 Å². The van der Waals surface area contributed by atoms with Crippen LogP contribution < -0.4 is 4.57 Å². The van der Waals surface area contributed by atoms with E-state index in [1.54, 1.807) is 36.0 Å². The molecule has 3 amide bonds. The second-order valence-electron chi connectivity index (χ2n) is 7.91. The Morgan fingerprint density at radius 3 is 2.61 bits per heavy atom. The Balaban J connectivity index is 1.71. The number of hydrogen-bond donors (Lipinski definition) is 0. The van der Waals surface area contributed by atoms with Crippen LogP contribution in [0.4, 0.5) is 10.8 Å². The molecule has 2 aliphatic heterocycles. The first kappa shape index (κ1) is 19.0. The van der Waals surface area contributed by atoms with Gasteiger partial charge >= 0.3 is 12.0 Å². The lowest BCUT2D eigenvalue weighted by molar-refractivity contribution is -0.679. The smallest absolute Gasteiger partial charge is 0.389 e. The summed E-state index contributed by atoms with van der Waals surface area (Å²) in [5.41, 5.74) is 0.399. The molecule has 2 aromatic rings. The SMILES string of the molecule is CN1C(=O)N(Cc2ccc(Cl)cc2Cl)C(=O)C2C1=Nc1oc(C(C)(C)C)c[n+]12. The summed E-state index contributed by atoms with van der Waals surface area (Å²) in [5.74, 6) is 0.690. The van der Waals surface area contributed by atoms with Crippen molar-refractivity contribution in [3.8, 4) is 0 Å². The number of hydrogen-bond acceptors (Lipinski definition) is 4. The minimum absolute atomic E-state index is 0.0433. The normalized spacial score (nSPS) is 19.1. The summed E-state index contributed by atoms with van der Waals surface area (Å²) < 4.78 is 7.51. The van der Waals surface area contributed by atoms with Crippen LogP contribution in [0, 0.1) is 0 Å². The highest BCUT2D eigenvalue weighted by atomic mass is 35.5. The number of amides is 3. The molecule has 4 rings (SSSR count). The van der Waals surface area contributed by atoms with E-state index in [0.29, 0.717) is 33.2 Å². The average Bonchev–Trinajstić information content (AvgIpc) is 3.16. The maximum atomic E-state index is 13.2. The van der Waals surface area contributed by atoms with Gasteiger partial charge in [0.1, 0.15) is 6.20 Å². The van der Waals surface area contributed by atoms with Crippen molar-refractivity contribution >= 4 is 47.0 Å². The Morgan fingerprint density at radius 2 is 1.96 bits per heavy atom. The summed E-state index contributed by atoms with van der Waals surface area (Å²) in [6.45, 7) is 6.08. The Labute approximate surface area is 172 Å². The van der Waals surface area contributed by atoms with Crippen LogP contribution >= 0.6 is 23.2 Å². The first-order valence-electron chi connectivity index (χ1n) is 8.75. The molecule has 1 saturated heterocycles. The van der Waals surface area contributed by atoms with Crippen molar-refractivity contribution in [3.63, 3.8) is 0 Å². The van der Waals surface area contributed by atoms with Crippen molar-refractivity contribution in [2.45, 2.75) is 38.8 Å². The third-order valence-corrected chi connectivity index (χ3v) is 5.44. The van der Waals surface area contributed by atoms with Gasteiger partial charge < -0.3 is 4.42 Å². The van der Waals surface area contributed by atoms with Crippen molar-refractivity contribution in [2.75, 3.05) is 7.05 Å². The van der Waals surface area contributed by atoms with Gasteiger partial charge in [0.15, 0.2) is 5.76 Å². The number of imide groups is 1. The minimum Gasteiger partial charge on any atom is -0.389 e. The molecule has 3 heterocycles. The lowest BCUT2D eigenvalue weighted by atomic mass is 9.94. The third kappa shape index (κ3) is 2.89. The lowest BCUT2D eigenvalue weighted by Crippen LogP contribution is -2.62. The monoisotopic (exact) mass is 421 g/mol. The molecule has 0 spiro atoms. The molecule has 0 saturated carbocycles. The predicted molar refractivity (Wildman–Crippen MR) is 104 cm³/mol. The van der Waals surface area contributed by atoms with E-state index >= 15 is 0 Å². The average molecular weight is 422 g/mol. The van der Waals surface area contributed by atoms with Gasteiger partial charge in [-0.3, -0.25) is 14.6 Å². The largest absolute Gasteiger partial charge is 0.506 e. The minimum atomic E-state index is -0.747. The number of nitrogens with zero attached hydrogens (tertiary/aromatic N) is 4. The highest BCUT2D eigenvalue weighted by Crippen LogP contribution is 2.33. The number of urea groups is 1. The van der Waals surface area contributed by atoms with Crippen LogP contribution in [-0.4, -0.2) is 34.6 Å². The summed E-state index contributed by atoms with van der Waals surface area (Å²) in [6.07, 6.45) is 1.78. The summed E-state index contributed by atoms with van der Waals surface area (Å²) in [7, 11) is 1.59. The number of rotatable bonds is 2. The molecule has 2 aliphatic rings. The number of fused-ring (bicyclic) bond motifs is 3. The number of benzene rings is 1. The van der Waals surface area contributed by atoms with Gasteiger partial charge in [-0.25, -0.2) is 4.79 Å². The molecule has 7 nitrogen and oxygen atoms in total. The second kappa shape index (κ2) is 6.32. The summed E-state index contributed by atoms with van der Waals surface area (Å²) in [5, 5.41) is 0.883. The van der Waals surface area contributed by atoms with Crippen molar-refractivity contribution in [3.05, 3.63) is 45.8 Å².